The van der Waals surface area contributed by atoms with Crippen molar-refractivity contribution in [3.8, 4) is 17.1 Å². The molecule has 0 aliphatic rings. The zero-order chi connectivity index (χ0) is 24.4. The van der Waals surface area contributed by atoms with Crippen molar-refractivity contribution in [1.29, 1.82) is 0 Å². The van der Waals surface area contributed by atoms with E-state index in [1.54, 1.807) is 48.5 Å². The summed E-state index contributed by atoms with van der Waals surface area (Å²) in [5.41, 5.74) is 1.55. The topological polar surface area (TPSA) is 77.0 Å². The van der Waals surface area contributed by atoms with E-state index in [9.17, 15) is 4.79 Å². The summed E-state index contributed by atoms with van der Waals surface area (Å²) in [7, 11) is 0. The molecule has 0 fully saturated rings. The van der Waals surface area contributed by atoms with Crippen molar-refractivity contribution < 1.29 is 9.53 Å². The molecule has 1 heterocycles. The van der Waals surface area contributed by atoms with Crippen LogP contribution in [0.4, 0.5) is 5.69 Å². The molecule has 174 valence electrons. The minimum Gasteiger partial charge on any atom is -0.491 e. The van der Waals surface area contributed by atoms with Crippen LogP contribution in [0.2, 0.25) is 0 Å². The maximum absolute atomic E-state index is 12.5. The van der Waals surface area contributed by atoms with Crippen molar-refractivity contribution in [2.75, 3.05) is 5.32 Å². The molecule has 0 bridgehead atoms. The van der Waals surface area contributed by atoms with Crippen LogP contribution in [0.15, 0.2) is 48.5 Å². The van der Waals surface area contributed by atoms with Gasteiger partial charge in [-0.2, -0.15) is 0 Å². The number of benzene rings is 2. The second kappa shape index (κ2) is 10.4. The van der Waals surface area contributed by atoms with E-state index in [1.807, 2.05) is 13.8 Å². The van der Waals surface area contributed by atoms with Gasteiger partial charge in [-0.1, -0.05) is 69.6 Å². The number of carbonyl (C=O) groups is 1. The molecule has 1 aromatic heterocycles. The summed E-state index contributed by atoms with van der Waals surface area (Å²) < 4.78 is 1.68. The Kier molecular flexibility index (Phi) is 8.20. The predicted molar refractivity (Wildman–Crippen MR) is 134 cm³/mol. The number of alkyl halides is 6. The Morgan fingerprint density at radius 1 is 0.818 bits per heavy atom. The number of amides is 1. The molecule has 1 N–H and O–H groups in total. The van der Waals surface area contributed by atoms with E-state index in [-0.39, 0.29) is 29.5 Å². The molecule has 12 heteroatoms. The van der Waals surface area contributed by atoms with E-state index >= 15 is 0 Å². The van der Waals surface area contributed by atoms with Crippen LogP contribution in [0.3, 0.4) is 0 Å². The summed E-state index contributed by atoms with van der Waals surface area (Å²) >= 11 is 35.5. The van der Waals surface area contributed by atoms with E-state index < -0.39 is 7.59 Å². The Labute approximate surface area is 220 Å². The highest BCUT2D eigenvalue weighted by molar-refractivity contribution is 6.67. The van der Waals surface area contributed by atoms with Crippen molar-refractivity contribution in [3.05, 3.63) is 65.7 Å². The lowest BCUT2D eigenvalue weighted by atomic mass is 10.1. The molecule has 6 nitrogen and oxygen atoms in total. The molecule has 0 saturated heterocycles. The molecule has 0 aliphatic heterocycles. The van der Waals surface area contributed by atoms with Crippen molar-refractivity contribution >= 4 is 81.2 Å². The molecule has 33 heavy (non-hydrogen) atoms. The van der Waals surface area contributed by atoms with Gasteiger partial charge in [0, 0.05) is 16.8 Å². The molecule has 0 saturated carbocycles. The first-order valence-electron chi connectivity index (χ1n) is 9.42. The van der Waals surface area contributed by atoms with Gasteiger partial charge in [-0.05, 0) is 62.4 Å². The Morgan fingerprint density at radius 3 is 1.79 bits per heavy atom. The second-order valence-electron chi connectivity index (χ2n) is 7.02. The zero-order valence-corrected chi connectivity index (χ0v) is 21.7. The first-order chi connectivity index (χ1) is 15.3. The maximum atomic E-state index is 12.5. The lowest BCUT2D eigenvalue weighted by molar-refractivity contribution is 0.102. The van der Waals surface area contributed by atoms with Crippen LogP contribution < -0.4 is 10.1 Å². The molecule has 3 aromatic rings. The van der Waals surface area contributed by atoms with Gasteiger partial charge in [0.25, 0.3) is 5.91 Å². The lowest BCUT2D eigenvalue weighted by Crippen LogP contribution is -2.16. The van der Waals surface area contributed by atoms with Crippen LogP contribution >= 0.6 is 69.6 Å². The van der Waals surface area contributed by atoms with E-state index in [1.165, 1.54) is 0 Å². The molecule has 3 rings (SSSR count). The van der Waals surface area contributed by atoms with Crippen molar-refractivity contribution in [2.45, 2.75) is 27.5 Å². The van der Waals surface area contributed by atoms with Crippen molar-refractivity contribution in [1.82, 2.24) is 15.0 Å². The highest BCUT2D eigenvalue weighted by Crippen LogP contribution is 2.40. The maximum Gasteiger partial charge on any atom is 0.255 e. The summed E-state index contributed by atoms with van der Waals surface area (Å²) in [6.07, 6.45) is 0.0455. The van der Waals surface area contributed by atoms with Crippen molar-refractivity contribution in [3.63, 3.8) is 0 Å². The van der Waals surface area contributed by atoms with Gasteiger partial charge in [0.1, 0.15) is 5.75 Å². The first-order valence-corrected chi connectivity index (χ1v) is 11.7. The fourth-order valence-electron chi connectivity index (χ4n) is 2.62. The number of halogens is 6. The van der Waals surface area contributed by atoms with Crippen LogP contribution in [-0.2, 0) is 7.59 Å². The Morgan fingerprint density at radius 2 is 1.33 bits per heavy atom. The first kappa shape index (κ1) is 26.1. The fourth-order valence-corrected chi connectivity index (χ4v) is 3.13. The Balaban J connectivity index is 1.81. The van der Waals surface area contributed by atoms with Crippen LogP contribution in [0.5, 0.6) is 5.75 Å². The molecule has 1 amide bonds. The third-order valence-corrected chi connectivity index (χ3v) is 5.05. The van der Waals surface area contributed by atoms with Gasteiger partial charge >= 0.3 is 0 Å². The average molecular weight is 569 g/mol. The van der Waals surface area contributed by atoms with Gasteiger partial charge in [-0.25, -0.2) is 15.0 Å². The number of aromatic nitrogens is 3. The molecule has 0 atom stereocenters. The third kappa shape index (κ3) is 7.22. The van der Waals surface area contributed by atoms with E-state index in [0.29, 0.717) is 22.6 Å². The minimum atomic E-state index is -1.95. The second-order valence-corrected chi connectivity index (χ2v) is 11.6. The standard InChI is InChI=1S/C21H16Cl6N4O2/c1-11(2)33-15-9-5-13(6-10-15)17(32)28-14-7-3-12(4-8-14)16-29-18(20(22,23)24)31-19(30-16)21(25,26)27/h3-11H,1-2H3,(H,28,32). The third-order valence-electron chi connectivity index (χ3n) is 4.03. The van der Waals surface area contributed by atoms with Crippen LogP contribution in [0, 0.1) is 0 Å². The summed E-state index contributed by atoms with van der Waals surface area (Å²) in [6.45, 7) is 3.86. The molecular weight excluding hydrogens is 553 g/mol. The monoisotopic (exact) mass is 566 g/mol. The van der Waals surface area contributed by atoms with Gasteiger partial charge in [-0.15, -0.1) is 0 Å². The lowest BCUT2D eigenvalue weighted by Gasteiger charge is -2.15. The molecular formula is C21H16Cl6N4O2. The number of nitrogens with zero attached hydrogens (tertiary/aromatic N) is 3. The molecule has 2 aromatic carbocycles. The number of hydrogen-bond donors (Lipinski definition) is 1. The number of rotatable bonds is 5. The summed E-state index contributed by atoms with van der Waals surface area (Å²) in [5, 5.41) is 2.81. The largest absolute Gasteiger partial charge is 0.491 e. The fraction of sp³-hybridized carbons (Fsp3) is 0.238. The highest BCUT2D eigenvalue weighted by atomic mass is 35.6. The zero-order valence-electron chi connectivity index (χ0n) is 17.1. The number of carbonyl (C=O) groups excluding carboxylic acids is 1. The normalized spacial score (nSPS) is 12.0. The van der Waals surface area contributed by atoms with Gasteiger partial charge in [0.05, 0.1) is 6.10 Å². The van der Waals surface area contributed by atoms with Crippen LogP contribution in [0.1, 0.15) is 35.9 Å². The quantitative estimate of drug-likeness (QED) is 0.328. The van der Waals surface area contributed by atoms with Gasteiger partial charge in [0.15, 0.2) is 17.5 Å². The molecule has 0 radical (unpaired) electrons. The SMILES string of the molecule is CC(C)Oc1ccc(C(=O)Nc2ccc(-c3nc(C(Cl)(Cl)Cl)nc(C(Cl)(Cl)Cl)n3)cc2)cc1. The van der Waals surface area contributed by atoms with Gasteiger partial charge in [0.2, 0.25) is 7.59 Å². The minimum absolute atomic E-state index is 0.0455. The van der Waals surface area contributed by atoms with E-state index in [2.05, 4.69) is 20.3 Å². The van der Waals surface area contributed by atoms with E-state index in [0.717, 1.165) is 0 Å². The van der Waals surface area contributed by atoms with Crippen LogP contribution in [0.25, 0.3) is 11.4 Å². The van der Waals surface area contributed by atoms with E-state index in [4.69, 9.17) is 74.3 Å². The van der Waals surface area contributed by atoms with Crippen LogP contribution in [-0.4, -0.2) is 27.0 Å². The van der Waals surface area contributed by atoms with Gasteiger partial charge < -0.3 is 10.1 Å². The number of nitrogens with one attached hydrogen (secondary N) is 1. The molecule has 0 unspecified atom stereocenters. The Bertz CT molecular complexity index is 1100. The summed E-state index contributed by atoms with van der Waals surface area (Å²) in [6, 6.07) is 13.5. The summed E-state index contributed by atoms with van der Waals surface area (Å²) in [5.74, 6) is 0.149. The Hall–Kier alpha value is -1.54. The smallest absolute Gasteiger partial charge is 0.255 e. The molecule has 0 spiro atoms. The number of hydrogen-bond acceptors (Lipinski definition) is 5. The predicted octanol–water partition coefficient (Wildman–Crippen LogP) is 7.23. The van der Waals surface area contributed by atoms with Crippen molar-refractivity contribution in [2.24, 2.45) is 0 Å². The average Bonchev–Trinajstić information content (AvgIpc) is 2.73. The summed E-state index contributed by atoms with van der Waals surface area (Å²) in [4.78, 5) is 24.8. The highest BCUT2D eigenvalue weighted by Gasteiger charge is 2.34. The number of anilines is 1. The van der Waals surface area contributed by atoms with Gasteiger partial charge in [-0.3, -0.25) is 4.79 Å². The molecule has 0 aliphatic carbocycles. The number of ether oxygens (including phenoxy) is 1.